The van der Waals surface area contributed by atoms with E-state index in [1.807, 2.05) is 11.1 Å². The quantitative estimate of drug-likeness (QED) is 0.830. The van der Waals surface area contributed by atoms with Gasteiger partial charge in [0.1, 0.15) is 17.4 Å². The molecule has 1 aliphatic heterocycles. The standard InChI is InChI=1S/C12H14FN3/c13-11-5-4-6-12(10(11)9-14)15-16-7-2-1-3-8-16/h4-6,15H,1-3,7-8H2. The normalized spacial score (nSPS) is 16.8. The van der Waals surface area contributed by atoms with E-state index in [0.29, 0.717) is 5.69 Å². The van der Waals surface area contributed by atoms with Gasteiger partial charge in [-0.1, -0.05) is 12.5 Å². The lowest BCUT2D eigenvalue weighted by Gasteiger charge is -2.28. The molecule has 4 heteroatoms. The summed E-state index contributed by atoms with van der Waals surface area (Å²) in [6.07, 6.45) is 3.53. The number of hydrogen-bond acceptors (Lipinski definition) is 3. The molecule has 3 nitrogen and oxygen atoms in total. The Kier molecular flexibility index (Phi) is 3.37. The maximum atomic E-state index is 13.3. The van der Waals surface area contributed by atoms with E-state index in [4.69, 9.17) is 5.26 Å². The minimum absolute atomic E-state index is 0.0908. The van der Waals surface area contributed by atoms with Crippen LogP contribution in [0.15, 0.2) is 18.2 Å². The maximum absolute atomic E-state index is 13.3. The first-order chi connectivity index (χ1) is 7.81. The zero-order chi connectivity index (χ0) is 11.4. The molecule has 0 spiro atoms. The number of rotatable bonds is 2. The second-order valence-corrected chi connectivity index (χ2v) is 3.93. The molecule has 1 fully saturated rings. The Hall–Kier alpha value is -1.60. The predicted octanol–water partition coefficient (Wildman–Crippen LogP) is 2.51. The van der Waals surface area contributed by atoms with Gasteiger partial charge in [0.05, 0.1) is 5.69 Å². The van der Waals surface area contributed by atoms with Crippen molar-refractivity contribution in [1.82, 2.24) is 5.01 Å². The maximum Gasteiger partial charge on any atom is 0.143 e. The molecular weight excluding hydrogens is 205 g/mol. The summed E-state index contributed by atoms with van der Waals surface area (Å²) >= 11 is 0. The minimum Gasteiger partial charge on any atom is -0.317 e. The molecule has 16 heavy (non-hydrogen) atoms. The van der Waals surface area contributed by atoms with Crippen LogP contribution in [-0.4, -0.2) is 18.1 Å². The minimum atomic E-state index is -0.468. The number of piperidine rings is 1. The fourth-order valence-electron chi connectivity index (χ4n) is 1.91. The first-order valence-corrected chi connectivity index (χ1v) is 5.51. The van der Waals surface area contributed by atoms with Crippen LogP contribution in [0.4, 0.5) is 10.1 Å². The van der Waals surface area contributed by atoms with E-state index < -0.39 is 5.82 Å². The highest BCUT2D eigenvalue weighted by Gasteiger charge is 2.13. The van der Waals surface area contributed by atoms with E-state index in [-0.39, 0.29) is 5.56 Å². The smallest absolute Gasteiger partial charge is 0.143 e. The van der Waals surface area contributed by atoms with Crippen molar-refractivity contribution in [3.05, 3.63) is 29.6 Å². The van der Waals surface area contributed by atoms with Crippen molar-refractivity contribution in [3.8, 4) is 6.07 Å². The van der Waals surface area contributed by atoms with Crippen LogP contribution < -0.4 is 5.43 Å². The molecule has 1 aromatic carbocycles. The number of nitrogens with zero attached hydrogens (tertiary/aromatic N) is 2. The van der Waals surface area contributed by atoms with Crippen LogP contribution in [0, 0.1) is 17.1 Å². The van der Waals surface area contributed by atoms with Crippen molar-refractivity contribution in [3.63, 3.8) is 0 Å². The number of hydrazine groups is 1. The average molecular weight is 219 g/mol. The molecule has 0 aromatic heterocycles. The summed E-state index contributed by atoms with van der Waals surface area (Å²) in [6, 6.07) is 6.54. The third-order valence-electron chi connectivity index (χ3n) is 2.76. The second-order valence-electron chi connectivity index (χ2n) is 3.93. The SMILES string of the molecule is N#Cc1c(F)cccc1NN1CCCCC1. The molecule has 1 aromatic rings. The summed E-state index contributed by atoms with van der Waals surface area (Å²) in [6.45, 7) is 1.89. The van der Waals surface area contributed by atoms with Gasteiger partial charge in [0.25, 0.3) is 0 Å². The lowest BCUT2D eigenvalue weighted by atomic mass is 10.1. The molecule has 0 saturated carbocycles. The van der Waals surface area contributed by atoms with E-state index in [2.05, 4.69) is 5.43 Å². The monoisotopic (exact) mass is 219 g/mol. The number of nitrogens with one attached hydrogen (secondary N) is 1. The van der Waals surface area contributed by atoms with Crippen LogP contribution in [0.3, 0.4) is 0 Å². The summed E-state index contributed by atoms with van der Waals surface area (Å²) in [4.78, 5) is 0. The zero-order valence-electron chi connectivity index (χ0n) is 9.04. The molecule has 2 rings (SSSR count). The summed E-state index contributed by atoms with van der Waals surface area (Å²) in [7, 11) is 0. The molecule has 0 atom stereocenters. The predicted molar refractivity (Wildman–Crippen MR) is 60.2 cm³/mol. The van der Waals surface area contributed by atoms with Gasteiger partial charge in [-0.25, -0.2) is 9.40 Å². The van der Waals surface area contributed by atoms with Gasteiger partial charge in [0, 0.05) is 13.1 Å². The van der Waals surface area contributed by atoms with E-state index in [9.17, 15) is 4.39 Å². The molecule has 0 bridgehead atoms. The fourth-order valence-corrected chi connectivity index (χ4v) is 1.91. The molecule has 0 aliphatic carbocycles. The van der Waals surface area contributed by atoms with Crippen molar-refractivity contribution in [2.45, 2.75) is 19.3 Å². The van der Waals surface area contributed by atoms with Crippen molar-refractivity contribution >= 4 is 5.69 Å². The number of anilines is 1. The third kappa shape index (κ3) is 2.31. The Morgan fingerprint density at radius 1 is 1.25 bits per heavy atom. The summed E-state index contributed by atoms with van der Waals surface area (Å²) in [5.41, 5.74) is 3.76. The molecule has 0 amide bonds. The van der Waals surface area contributed by atoms with E-state index in [1.165, 1.54) is 12.5 Å². The fraction of sp³-hybridized carbons (Fsp3) is 0.417. The second kappa shape index (κ2) is 4.95. The lowest BCUT2D eigenvalue weighted by Crippen LogP contribution is -2.35. The van der Waals surface area contributed by atoms with Crippen molar-refractivity contribution in [2.75, 3.05) is 18.5 Å². The molecule has 0 unspecified atom stereocenters. The molecule has 1 saturated heterocycles. The molecule has 0 radical (unpaired) electrons. The first kappa shape index (κ1) is 10.9. The zero-order valence-corrected chi connectivity index (χ0v) is 9.04. The Morgan fingerprint density at radius 3 is 2.69 bits per heavy atom. The average Bonchev–Trinajstić information content (AvgIpc) is 2.31. The van der Waals surface area contributed by atoms with Gasteiger partial charge in [0.2, 0.25) is 0 Å². The van der Waals surface area contributed by atoms with Gasteiger partial charge in [-0.3, -0.25) is 0 Å². The number of nitriles is 1. The van der Waals surface area contributed by atoms with Crippen LogP contribution in [-0.2, 0) is 0 Å². The van der Waals surface area contributed by atoms with Crippen LogP contribution in [0.25, 0.3) is 0 Å². The largest absolute Gasteiger partial charge is 0.317 e. The van der Waals surface area contributed by atoms with Gasteiger partial charge in [0.15, 0.2) is 0 Å². The summed E-state index contributed by atoms with van der Waals surface area (Å²) < 4.78 is 13.3. The highest BCUT2D eigenvalue weighted by Crippen LogP contribution is 2.19. The molecule has 1 heterocycles. The summed E-state index contributed by atoms with van der Waals surface area (Å²) in [5, 5.41) is 10.9. The molecule has 1 aliphatic rings. The number of benzene rings is 1. The van der Waals surface area contributed by atoms with Crippen LogP contribution in [0.1, 0.15) is 24.8 Å². The van der Waals surface area contributed by atoms with Gasteiger partial charge in [-0.15, -0.1) is 0 Å². The summed E-state index contributed by atoms with van der Waals surface area (Å²) in [5.74, 6) is -0.468. The van der Waals surface area contributed by atoms with Gasteiger partial charge in [-0.2, -0.15) is 5.26 Å². The van der Waals surface area contributed by atoms with Crippen LogP contribution in [0.2, 0.25) is 0 Å². The Morgan fingerprint density at radius 2 is 2.00 bits per heavy atom. The van der Waals surface area contributed by atoms with Crippen LogP contribution in [0.5, 0.6) is 0 Å². The Labute approximate surface area is 94.5 Å². The number of halogens is 1. The molecular formula is C12H14FN3. The van der Waals surface area contributed by atoms with Gasteiger partial charge >= 0.3 is 0 Å². The van der Waals surface area contributed by atoms with Crippen molar-refractivity contribution < 1.29 is 4.39 Å². The topological polar surface area (TPSA) is 39.1 Å². The molecule has 1 N–H and O–H groups in total. The van der Waals surface area contributed by atoms with Gasteiger partial charge in [-0.05, 0) is 25.0 Å². The Bertz CT molecular complexity index is 405. The number of hydrogen-bond donors (Lipinski definition) is 1. The van der Waals surface area contributed by atoms with Crippen molar-refractivity contribution in [2.24, 2.45) is 0 Å². The first-order valence-electron chi connectivity index (χ1n) is 5.51. The van der Waals surface area contributed by atoms with Crippen LogP contribution >= 0.6 is 0 Å². The Balaban J connectivity index is 2.14. The molecule has 84 valence electrons. The van der Waals surface area contributed by atoms with E-state index in [1.54, 1.807) is 12.1 Å². The highest BCUT2D eigenvalue weighted by atomic mass is 19.1. The highest BCUT2D eigenvalue weighted by molar-refractivity contribution is 5.57. The van der Waals surface area contributed by atoms with Gasteiger partial charge < -0.3 is 5.43 Å². The lowest BCUT2D eigenvalue weighted by molar-refractivity contribution is 0.273. The van der Waals surface area contributed by atoms with E-state index >= 15 is 0 Å². The van der Waals surface area contributed by atoms with E-state index in [0.717, 1.165) is 25.9 Å². The third-order valence-corrected chi connectivity index (χ3v) is 2.76. The van der Waals surface area contributed by atoms with Crippen molar-refractivity contribution in [1.29, 1.82) is 5.26 Å².